The predicted molar refractivity (Wildman–Crippen MR) is 95.9 cm³/mol. The molecule has 2 N–H and O–H groups in total. The first-order chi connectivity index (χ1) is 11.9. The summed E-state index contributed by atoms with van der Waals surface area (Å²) < 4.78 is 5.64. The average Bonchev–Trinajstić information content (AvgIpc) is 2.58. The molecule has 2 atom stereocenters. The van der Waals surface area contributed by atoms with Crippen molar-refractivity contribution in [1.82, 2.24) is 10.2 Å². The number of hydrogen-bond acceptors (Lipinski definition) is 3. The number of piperidine rings is 1. The van der Waals surface area contributed by atoms with Crippen LogP contribution in [0.2, 0.25) is 0 Å². The molecule has 0 aliphatic carbocycles. The van der Waals surface area contributed by atoms with E-state index in [1.165, 1.54) is 5.56 Å². The van der Waals surface area contributed by atoms with Crippen LogP contribution in [-0.4, -0.2) is 48.2 Å². The number of benzene rings is 1. The number of carboxylic acid groups (broad SMARTS) is 1. The second-order valence-corrected chi connectivity index (χ2v) is 6.96. The Morgan fingerprint density at radius 3 is 2.56 bits per heavy atom. The number of rotatable bonds is 6. The SMILES string of the molecule is CC(C)c1ccc(OCCNC(=O)N2CCC(C(=O)O)C(C)C2)cc1. The quantitative estimate of drug-likeness (QED) is 0.775. The highest BCUT2D eigenvalue weighted by molar-refractivity contribution is 5.75. The van der Waals surface area contributed by atoms with Crippen LogP contribution in [0.15, 0.2) is 24.3 Å². The molecule has 1 aliphatic rings. The Hall–Kier alpha value is -2.24. The van der Waals surface area contributed by atoms with Crippen molar-refractivity contribution in [2.24, 2.45) is 11.8 Å². The Labute approximate surface area is 149 Å². The summed E-state index contributed by atoms with van der Waals surface area (Å²) in [7, 11) is 0. The molecule has 0 bridgehead atoms. The van der Waals surface area contributed by atoms with Gasteiger partial charge in [0.05, 0.1) is 12.5 Å². The number of ether oxygens (including phenoxy) is 1. The summed E-state index contributed by atoms with van der Waals surface area (Å²) in [5.41, 5.74) is 1.26. The van der Waals surface area contributed by atoms with E-state index in [-0.39, 0.29) is 17.9 Å². The third-order valence-corrected chi connectivity index (χ3v) is 4.70. The van der Waals surface area contributed by atoms with Crippen molar-refractivity contribution in [3.05, 3.63) is 29.8 Å². The number of urea groups is 1. The fraction of sp³-hybridized carbons (Fsp3) is 0.579. The van der Waals surface area contributed by atoms with Gasteiger partial charge in [-0.1, -0.05) is 32.9 Å². The zero-order valence-corrected chi connectivity index (χ0v) is 15.2. The molecule has 0 aromatic heterocycles. The molecular weight excluding hydrogens is 320 g/mol. The van der Waals surface area contributed by atoms with Gasteiger partial charge in [0, 0.05) is 13.1 Å². The number of aliphatic carboxylic acids is 1. The van der Waals surface area contributed by atoms with Crippen molar-refractivity contribution in [1.29, 1.82) is 0 Å². The smallest absolute Gasteiger partial charge is 0.317 e. The highest BCUT2D eigenvalue weighted by Crippen LogP contribution is 2.23. The Morgan fingerprint density at radius 2 is 2.00 bits per heavy atom. The Bertz CT molecular complexity index is 586. The summed E-state index contributed by atoms with van der Waals surface area (Å²) in [4.78, 5) is 25.0. The minimum absolute atomic E-state index is 0.0345. The Morgan fingerprint density at radius 1 is 1.32 bits per heavy atom. The van der Waals surface area contributed by atoms with E-state index in [0.29, 0.717) is 38.6 Å². The number of nitrogens with zero attached hydrogens (tertiary/aromatic N) is 1. The van der Waals surface area contributed by atoms with Crippen molar-refractivity contribution >= 4 is 12.0 Å². The monoisotopic (exact) mass is 348 g/mol. The topological polar surface area (TPSA) is 78.9 Å². The summed E-state index contributed by atoms with van der Waals surface area (Å²) in [5, 5.41) is 12.0. The molecule has 2 rings (SSSR count). The molecule has 6 nitrogen and oxygen atoms in total. The standard InChI is InChI=1S/C19H28N2O4/c1-13(2)15-4-6-16(7-5-15)25-11-9-20-19(24)21-10-8-17(18(22)23)14(3)12-21/h4-7,13-14,17H,8-12H2,1-3H3,(H,20,24)(H,22,23). The summed E-state index contributed by atoms with van der Waals surface area (Å²) in [6.07, 6.45) is 0.503. The molecule has 1 aromatic rings. The van der Waals surface area contributed by atoms with Gasteiger partial charge in [-0.2, -0.15) is 0 Å². The predicted octanol–water partition coefficient (Wildman–Crippen LogP) is 2.94. The third kappa shape index (κ3) is 5.37. The van der Waals surface area contributed by atoms with E-state index in [1.807, 2.05) is 31.2 Å². The molecule has 1 aliphatic heterocycles. The molecular formula is C19H28N2O4. The normalized spacial score (nSPS) is 20.4. The average molecular weight is 348 g/mol. The van der Waals surface area contributed by atoms with E-state index in [2.05, 4.69) is 19.2 Å². The van der Waals surface area contributed by atoms with Gasteiger partial charge in [-0.15, -0.1) is 0 Å². The molecule has 0 saturated carbocycles. The Balaban J connectivity index is 1.69. The van der Waals surface area contributed by atoms with Crippen LogP contribution < -0.4 is 10.1 Å². The molecule has 2 amide bonds. The van der Waals surface area contributed by atoms with Crippen LogP contribution in [0, 0.1) is 11.8 Å². The zero-order valence-electron chi connectivity index (χ0n) is 15.2. The van der Waals surface area contributed by atoms with E-state index < -0.39 is 5.97 Å². The van der Waals surface area contributed by atoms with Crippen LogP contribution in [0.5, 0.6) is 5.75 Å². The zero-order chi connectivity index (χ0) is 18.4. The van der Waals surface area contributed by atoms with Gasteiger partial charge in [-0.25, -0.2) is 4.79 Å². The van der Waals surface area contributed by atoms with E-state index in [9.17, 15) is 9.59 Å². The van der Waals surface area contributed by atoms with E-state index >= 15 is 0 Å². The second-order valence-electron chi connectivity index (χ2n) is 6.96. The maximum absolute atomic E-state index is 12.2. The molecule has 25 heavy (non-hydrogen) atoms. The van der Waals surface area contributed by atoms with Crippen molar-refractivity contribution in [3.63, 3.8) is 0 Å². The van der Waals surface area contributed by atoms with Crippen LogP contribution >= 0.6 is 0 Å². The number of nitrogens with one attached hydrogen (secondary N) is 1. The minimum Gasteiger partial charge on any atom is -0.492 e. The fourth-order valence-corrected chi connectivity index (χ4v) is 3.08. The number of carbonyl (C=O) groups excluding carboxylic acids is 1. The highest BCUT2D eigenvalue weighted by Gasteiger charge is 2.32. The van der Waals surface area contributed by atoms with E-state index in [4.69, 9.17) is 9.84 Å². The lowest BCUT2D eigenvalue weighted by Gasteiger charge is -2.34. The molecule has 1 fully saturated rings. The molecule has 0 spiro atoms. The van der Waals surface area contributed by atoms with E-state index in [1.54, 1.807) is 4.90 Å². The van der Waals surface area contributed by atoms with E-state index in [0.717, 1.165) is 5.75 Å². The lowest BCUT2D eigenvalue weighted by molar-refractivity contribution is -0.145. The van der Waals surface area contributed by atoms with Gasteiger partial charge >= 0.3 is 12.0 Å². The lowest BCUT2D eigenvalue weighted by Crippen LogP contribution is -2.49. The molecule has 6 heteroatoms. The van der Waals surface area contributed by atoms with Crippen LogP contribution in [0.25, 0.3) is 0 Å². The highest BCUT2D eigenvalue weighted by atomic mass is 16.5. The largest absolute Gasteiger partial charge is 0.492 e. The van der Waals surface area contributed by atoms with Crippen LogP contribution in [0.4, 0.5) is 4.79 Å². The summed E-state index contributed by atoms with van der Waals surface area (Å²) in [6, 6.07) is 7.82. The molecule has 1 heterocycles. The molecule has 138 valence electrons. The van der Waals surface area contributed by atoms with Gasteiger partial charge in [-0.05, 0) is 36.0 Å². The Kier molecular flexibility index (Phi) is 6.67. The third-order valence-electron chi connectivity index (χ3n) is 4.70. The maximum Gasteiger partial charge on any atom is 0.317 e. The van der Waals surface area contributed by atoms with Crippen molar-refractivity contribution in [2.75, 3.05) is 26.2 Å². The molecule has 1 aromatic carbocycles. The molecule has 1 saturated heterocycles. The number of carboxylic acids is 1. The van der Waals surface area contributed by atoms with Crippen LogP contribution in [0.1, 0.15) is 38.7 Å². The van der Waals surface area contributed by atoms with Crippen LogP contribution in [-0.2, 0) is 4.79 Å². The van der Waals surface area contributed by atoms with Crippen molar-refractivity contribution in [2.45, 2.75) is 33.1 Å². The first-order valence-electron chi connectivity index (χ1n) is 8.86. The first kappa shape index (κ1) is 19.1. The van der Waals surface area contributed by atoms with Gasteiger partial charge in [0.15, 0.2) is 0 Å². The van der Waals surface area contributed by atoms with Gasteiger partial charge in [0.2, 0.25) is 0 Å². The number of likely N-dealkylation sites (tertiary alicyclic amines) is 1. The number of hydrogen-bond donors (Lipinski definition) is 2. The van der Waals surface area contributed by atoms with Gasteiger partial charge in [-0.3, -0.25) is 4.79 Å². The van der Waals surface area contributed by atoms with Crippen molar-refractivity contribution < 1.29 is 19.4 Å². The number of amides is 2. The van der Waals surface area contributed by atoms with Gasteiger partial charge < -0.3 is 20.1 Å². The fourth-order valence-electron chi connectivity index (χ4n) is 3.08. The summed E-state index contributed by atoms with van der Waals surface area (Å²) in [5.74, 6) is 0.105. The molecule has 0 radical (unpaired) electrons. The molecule has 2 unspecified atom stereocenters. The van der Waals surface area contributed by atoms with Crippen LogP contribution in [0.3, 0.4) is 0 Å². The summed E-state index contributed by atoms with van der Waals surface area (Å²) >= 11 is 0. The van der Waals surface area contributed by atoms with Crippen molar-refractivity contribution in [3.8, 4) is 5.75 Å². The first-order valence-corrected chi connectivity index (χ1v) is 8.86. The van der Waals surface area contributed by atoms with Gasteiger partial charge in [0.1, 0.15) is 12.4 Å². The second kappa shape index (κ2) is 8.74. The van der Waals surface area contributed by atoms with Gasteiger partial charge in [0.25, 0.3) is 0 Å². The minimum atomic E-state index is -0.774. The number of carbonyl (C=O) groups is 2. The summed E-state index contributed by atoms with van der Waals surface area (Å²) in [6.45, 7) is 7.93. The lowest BCUT2D eigenvalue weighted by atomic mass is 9.87. The maximum atomic E-state index is 12.2.